The SMILES string of the molecule is CC.COc1cccc(C(=O)C(C)CN(C)C)c1. The van der Waals surface area contributed by atoms with Gasteiger partial charge in [0.25, 0.3) is 0 Å². The highest BCUT2D eigenvalue weighted by Crippen LogP contribution is 2.16. The van der Waals surface area contributed by atoms with Gasteiger partial charge in [0, 0.05) is 18.0 Å². The average molecular weight is 251 g/mol. The molecule has 1 unspecified atom stereocenters. The van der Waals surface area contributed by atoms with Gasteiger partial charge in [0.05, 0.1) is 7.11 Å². The standard InChI is InChI=1S/C13H19NO2.C2H6/c1-10(9-14(2)3)13(15)11-6-5-7-12(8-11)16-4;1-2/h5-8,10H,9H2,1-4H3;1-2H3. The second-order valence-corrected chi connectivity index (χ2v) is 4.26. The lowest BCUT2D eigenvalue weighted by atomic mass is 9.99. The van der Waals surface area contributed by atoms with E-state index < -0.39 is 0 Å². The van der Waals surface area contributed by atoms with Crippen LogP contribution in [0.5, 0.6) is 5.75 Å². The van der Waals surface area contributed by atoms with Crippen molar-refractivity contribution in [2.75, 3.05) is 27.7 Å². The first-order valence-corrected chi connectivity index (χ1v) is 6.37. The zero-order valence-electron chi connectivity index (χ0n) is 12.4. The van der Waals surface area contributed by atoms with Crippen LogP contribution in [0.25, 0.3) is 0 Å². The van der Waals surface area contributed by atoms with Crippen molar-refractivity contribution in [3.63, 3.8) is 0 Å². The van der Waals surface area contributed by atoms with Crippen molar-refractivity contribution in [1.29, 1.82) is 0 Å². The molecule has 0 aliphatic rings. The number of nitrogens with zero attached hydrogens (tertiary/aromatic N) is 1. The van der Waals surface area contributed by atoms with Crippen LogP contribution in [-0.2, 0) is 0 Å². The summed E-state index contributed by atoms with van der Waals surface area (Å²) < 4.78 is 5.10. The summed E-state index contributed by atoms with van der Waals surface area (Å²) >= 11 is 0. The van der Waals surface area contributed by atoms with E-state index in [1.165, 1.54) is 0 Å². The molecule has 0 saturated carbocycles. The zero-order valence-corrected chi connectivity index (χ0v) is 12.4. The number of ether oxygens (including phenoxy) is 1. The Morgan fingerprint density at radius 3 is 2.44 bits per heavy atom. The molecule has 1 aromatic carbocycles. The van der Waals surface area contributed by atoms with Gasteiger partial charge in [-0.1, -0.05) is 32.9 Å². The number of carbonyl (C=O) groups excluding carboxylic acids is 1. The normalized spacial score (nSPS) is 11.5. The monoisotopic (exact) mass is 251 g/mol. The predicted molar refractivity (Wildman–Crippen MR) is 76.4 cm³/mol. The van der Waals surface area contributed by atoms with Crippen LogP contribution in [0.15, 0.2) is 24.3 Å². The van der Waals surface area contributed by atoms with Crippen LogP contribution in [-0.4, -0.2) is 38.4 Å². The van der Waals surface area contributed by atoms with Crippen LogP contribution in [0.3, 0.4) is 0 Å². The molecule has 0 bridgehead atoms. The van der Waals surface area contributed by atoms with Crippen LogP contribution in [0.2, 0.25) is 0 Å². The third-order valence-corrected chi connectivity index (χ3v) is 2.44. The number of benzene rings is 1. The average Bonchev–Trinajstić information content (AvgIpc) is 2.39. The molecular weight excluding hydrogens is 226 g/mol. The molecule has 0 aromatic heterocycles. The predicted octanol–water partition coefficient (Wildman–Crippen LogP) is 3.10. The lowest BCUT2D eigenvalue weighted by molar-refractivity contribution is 0.0909. The van der Waals surface area contributed by atoms with E-state index in [1.54, 1.807) is 13.2 Å². The zero-order chi connectivity index (χ0) is 14.1. The Bertz CT molecular complexity index is 361. The fourth-order valence-corrected chi connectivity index (χ4v) is 1.69. The Balaban J connectivity index is 0.00000137. The Kier molecular flexibility index (Phi) is 8.05. The van der Waals surface area contributed by atoms with Gasteiger partial charge in [-0.05, 0) is 26.2 Å². The van der Waals surface area contributed by atoms with Gasteiger partial charge < -0.3 is 9.64 Å². The molecule has 0 amide bonds. The third-order valence-electron chi connectivity index (χ3n) is 2.44. The second kappa shape index (κ2) is 8.70. The van der Waals surface area contributed by atoms with Crippen LogP contribution >= 0.6 is 0 Å². The topological polar surface area (TPSA) is 29.5 Å². The quantitative estimate of drug-likeness (QED) is 0.753. The van der Waals surface area contributed by atoms with Crippen molar-refractivity contribution in [3.05, 3.63) is 29.8 Å². The summed E-state index contributed by atoms with van der Waals surface area (Å²) in [5, 5.41) is 0. The van der Waals surface area contributed by atoms with Gasteiger partial charge in [-0.2, -0.15) is 0 Å². The van der Waals surface area contributed by atoms with Gasteiger partial charge in [-0.3, -0.25) is 4.79 Å². The fourth-order valence-electron chi connectivity index (χ4n) is 1.69. The molecular formula is C15H25NO2. The van der Waals surface area contributed by atoms with E-state index in [2.05, 4.69) is 0 Å². The van der Waals surface area contributed by atoms with Gasteiger partial charge in [0.2, 0.25) is 0 Å². The Labute approximate surface area is 111 Å². The molecule has 0 fully saturated rings. The van der Waals surface area contributed by atoms with Crippen LogP contribution < -0.4 is 4.74 Å². The number of hydrogen-bond donors (Lipinski definition) is 0. The number of rotatable bonds is 5. The van der Waals surface area contributed by atoms with E-state index in [4.69, 9.17) is 4.74 Å². The first-order chi connectivity index (χ1) is 8.54. The molecule has 18 heavy (non-hydrogen) atoms. The second-order valence-electron chi connectivity index (χ2n) is 4.26. The van der Waals surface area contributed by atoms with Crippen LogP contribution in [0, 0.1) is 5.92 Å². The van der Waals surface area contributed by atoms with Crippen molar-refractivity contribution in [1.82, 2.24) is 4.90 Å². The first kappa shape index (κ1) is 16.6. The highest BCUT2D eigenvalue weighted by atomic mass is 16.5. The summed E-state index contributed by atoms with van der Waals surface area (Å²) in [7, 11) is 5.54. The molecule has 3 heteroatoms. The van der Waals surface area contributed by atoms with Crippen LogP contribution in [0.1, 0.15) is 31.1 Å². The highest BCUT2D eigenvalue weighted by molar-refractivity contribution is 5.98. The maximum absolute atomic E-state index is 12.1. The maximum atomic E-state index is 12.1. The highest BCUT2D eigenvalue weighted by Gasteiger charge is 2.16. The molecule has 0 radical (unpaired) electrons. The maximum Gasteiger partial charge on any atom is 0.167 e. The minimum Gasteiger partial charge on any atom is -0.497 e. The van der Waals surface area contributed by atoms with E-state index in [0.717, 1.165) is 12.3 Å². The summed E-state index contributed by atoms with van der Waals surface area (Å²) in [6.07, 6.45) is 0. The molecule has 3 nitrogen and oxygen atoms in total. The van der Waals surface area contributed by atoms with Crippen molar-refractivity contribution < 1.29 is 9.53 Å². The minimum atomic E-state index is 0.00195. The number of carbonyl (C=O) groups is 1. The van der Waals surface area contributed by atoms with Crippen molar-refractivity contribution in [2.24, 2.45) is 5.92 Å². The van der Waals surface area contributed by atoms with E-state index >= 15 is 0 Å². The van der Waals surface area contributed by atoms with Gasteiger partial charge in [-0.15, -0.1) is 0 Å². The third kappa shape index (κ3) is 5.32. The van der Waals surface area contributed by atoms with Crippen molar-refractivity contribution >= 4 is 5.78 Å². The molecule has 0 N–H and O–H groups in total. The number of hydrogen-bond acceptors (Lipinski definition) is 3. The van der Waals surface area contributed by atoms with Gasteiger partial charge in [-0.25, -0.2) is 0 Å². The van der Waals surface area contributed by atoms with E-state index in [-0.39, 0.29) is 11.7 Å². The lowest BCUT2D eigenvalue weighted by Crippen LogP contribution is -2.25. The molecule has 0 aliphatic heterocycles. The largest absolute Gasteiger partial charge is 0.497 e. The van der Waals surface area contributed by atoms with Gasteiger partial charge >= 0.3 is 0 Å². The summed E-state index contributed by atoms with van der Waals surface area (Å²) in [6.45, 7) is 6.71. The molecule has 1 atom stereocenters. The molecule has 1 rings (SSSR count). The lowest BCUT2D eigenvalue weighted by Gasteiger charge is -2.16. The molecule has 102 valence electrons. The van der Waals surface area contributed by atoms with Crippen molar-refractivity contribution in [3.8, 4) is 5.75 Å². The number of ketones is 1. The van der Waals surface area contributed by atoms with Crippen LogP contribution in [0.4, 0.5) is 0 Å². The molecule has 0 spiro atoms. The Hall–Kier alpha value is -1.35. The summed E-state index contributed by atoms with van der Waals surface area (Å²) in [5.74, 6) is 0.887. The molecule has 0 saturated heterocycles. The Morgan fingerprint density at radius 2 is 1.94 bits per heavy atom. The van der Waals surface area contributed by atoms with Crippen molar-refractivity contribution in [2.45, 2.75) is 20.8 Å². The first-order valence-electron chi connectivity index (χ1n) is 6.37. The van der Waals surface area contributed by atoms with Gasteiger partial charge in [0.15, 0.2) is 5.78 Å². The Morgan fingerprint density at radius 1 is 1.33 bits per heavy atom. The summed E-state index contributed by atoms with van der Waals surface area (Å²) in [4.78, 5) is 14.1. The smallest absolute Gasteiger partial charge is 0.167 e. The molecule has 1 aromatic rings. The molecule has 0 aliphatic carbocycles. The minimum absolute atomic E-state index is 0.00195. The van der Waals surface area contributed by atoms with E-state index in [0.29, 0.717) is 5.56 Å². The fraction of sp³-hybridized carbons (Fsp3) is 0.533. The van der Waals surface area contributed by atoms with E-state index in [9.17, 15) is 4.79 Å². The number of methoxy groups -OCH3 is 1. The summed E-state index contributed by atoms with van der Waals surface area (Å²) in [5.41, 5.74) is 0.716. The summed E-state index contributed by atoms with van der Waals surface area (Å²) in [6, 6.07) is 7.30. The van der Waals surface area contributed by atoms with Gasteiger partial charge in [0.1, 0.15) is 5.75 Å². The molecule has 0 heterocycles. The van der Waals surface area contributed by atoms with E-state index in [1.807, 2.05) is 58.0 Å². The number of Topliss-reactive ketones (excluding diaryl/α,β-unsaturated/α-hetero) is 1.